The van der Waals surface area contributed by atoms with E-state index in [-0.39, 0.29) is 23.3 Å². The van der Waals surface area contributed by atoms with Gasteiger partial charge in [0.25, 0.3) is 5.91 Å². The van der Waals surface area contributed by atoms with Gasteiger partial charge in [-0.05, 0) is 72.9 Å². The van der Waals surface area contributed by atoms with Gasteiger partial charge in [-0.2, -0.15) is 5.26 Å². The molecule has 0 saturated heterocycles. The van der Waals surface area contributed by atoms with Gasteiger partial charge in [-0.3, -0.25) is 4.79 Å². The second-order valence-corrected chi connectivity index (χ2v) is 7.67. The van der Waals surface area contributed by atoms with E-state index in [9.17, 15) is 14.4 Å². The Morgan fingerprint density at radius 3 is 2.73 bits per heavy atom. The van der Waals surface area contributed by atoms with Crippen LogP contribution in [-0.4, -0.2) is 12.5 Å². The van der Waals surface area contributed by atoms with Crippen LogP contribution in [0.15, 0.2) is 54.2 Å². The Kier molecular flexibility index (Phi) is 7.62. The molecule has 0 heterocycles. The van der Waals surface area contributed by atoms with Crippen molar-refractivity contribution in [2.24, 2.45) is 0 Å². The van der Waals surface area contributed by atoms with Crippen LogP contribution < -0.4 is 10.6 Å². The molecule has 0 aliphatic heterocycles. The molecule has 1 amide bonds. The molecule has 0 aromatic heterocycles. The van der Waals surface area contributed by atoms with Gasteiger partial charge in [0.1, 0.15) is 17.5 Å². The Morgan fingerprint density at radius 1 is 1.20 bits per heavy atom. The lowest BCUT2D eigenvalue weighted by atomic mass is 9.88. The molecule has 0 bridgehead atoms. The number of amides is 1. The highest BCUT2D eigenvalue weighted by atomic mass is 19.1. The fourth-order valence-electron chi connectivity index (χ4n) is 3.86. The van der Waals surface area contributed by atoms with Gasteiger partial charge in [0.05, 0.1) is 6.04 Å². The molecule has 1 aliphatic rings. The van der Waals surface area contributed by atoms with Crippen molar-refractivity contribution in [3.8, 4) is 6.07 Å². The Labute approximate surface area is 177 Å². The van der Waals surface area contributed by atoms with Gasteiger partial charge < -0.3 is 10.6 Å². The molecule has 2 N–H and O–H groups in total. The predicted molar refractivity (Wildman–Crippen MR) is 116 cm³/mol. The molecule has 0 fully saturated rings. The summed E-state index contributed by atoms with van der Waals surface area (Å²) in [7, 11) is 0. The van der Waals surface area contributed by atoms with E-state index >= 15 is 0 Å². The number of hydrogen-bond acceptors (Lipinski definition) is 3. The standard InChI is InChI=1S/C25H28FN3O/c1-2-24(21-11-10-19-7-3-4-8-20(19)15-21)29-25(30)22(16-27)17-28-13-12-18-6-5-9-23(26)14-18/h5-6,9-11,14-15,17,24,28H,2-4,7-8,12-13H2,1H3,(H,29,30)/b22-17-. The average molecular weight is 406 g/mol. The molecule has 0 spiro atoms. The number of aryl methyl sites for hydroxylation is 2. The minimum Gasteiger partial charge on any atom is -0.389 e. The zero-order valence-corrected chi connectivity index (χ0v) is 17.4. The number of carbonyl (C=O) groups excluding carboxylic acids is 1. The van der Waals surface area contributed by atoms with Gasteiger partial charge >= 0.3 is 0 Å². The highest BCUT2D eigenvalue weighted by molar-refractivity contribution is 5.97. The van der Waals surface area contributed by atoms with Gasteiger partial charge in [0, 0.05) is 12.7 Å². The van der Waals surface area contributed by atoms with Crippen molar-refractivity contribution in [3.05, 3.63) is 82.3 Å². The van der Waals surface area contributed by atoms with E-state index in [1.165, 1.54) is 42.3 Å². The predicted octanol–water partition coefficient (Wildman–Crippen LogP) is 4.51. The van der Waals surface area contributed by atoms with Crippen LogP contribution >= 0.6 is 0 Å². The average Bonchev–Trinajstić information content (AvgIpc) is 2.77. The van der Waals surface area contributed by atoms with Crippen LogP contribution in [-0.2, 0) is 24.1 Å². The van der Waals surface area contributed by atoms with Crippen LogP contribution in [0.1, 0.15) is 54.5 Å². The van der Waals surface area contributed by atoms with Crippen LogP contribution in [0.3, 0.4) is 0 Å². The molecule has 1 aliphatic carbocycles. The summed E-state index contributed by atoms with van der Waals surface area (Å²) in [5.41, 5.74) is 4.76. The van der Waals surface area contributed by atoms with E-state index in [1.807, 2.05) is 19.1 Å². The second kappa shape index (κ2) is 10.6. The number of carbonyl (C=O) groups is 1. The largest absolute Gasteiger partial charge is 0.389 e. The summed E-state index contributed by atoms with van der Waals surface area (Å²) in [6.07, 6.45) is 7.45. The summed E-state index contributed by atoms with van der Waals surface area (Å²) in [5, 5.41) is 15.4. The molecule has 2 aromatic rings. The quantitative estimate of drug-likeness (QED) is 0.386. The van der Waals surface area contributed by atoms with Crippen LogP contribution in [0.4, 0.5) is 4.39 Å². The second-order valence-electron chi connectivity index (χ2n) is 7.67. The monoisotopic (exact) mass is 405 g/mol. The molecular weight excluding hydrogens is 377 g/mol. The highest BCUT2D eigenvalue weighted by Gasteiger charge is 2.18. The molecule has 156 valence electrons. The topological polar surface area (TPSA) is 64.9 Å². The first-order valence-electron chi connectivity index (χ1n) is 10.6. The van der Waals surface area contributed by atoms with Gasteiger partial charge in [0.15, 0.2) is 0 Å². The summed E-state index contributed by atoms with van der Waals surface area (Å²) in [6, 6.07) is 14.7. The van der Waals surface area contributed by atoms with Crippen LogP contribution in [0, 0.1) is 17.1 Å². The van der Waals surface area contributed by atoms with E-state index < -0.39 is 0 Å². The molecule has 1 atom stereocenters. The number of rotatable bonds is 8. The van der Waals surface area contributed by atoms with Crippen molar-refractivity contribution in [3.63, 3.8) is 0 Å². The minimum absolute atomic E-state index is 0.0330. The first-order valence-corrected chi connectivity index (χ1v) is 10.6. The minimum atomic E-state index is -0.389. The van der Waals surface area contributed by atoms with Crippen molar-refractivity contribution >= 4 is 5.91 Å². The van der Waals surface area contributed by atoms with Crippen molar-refractivity contribution in [2.75, 3.05) is 6.54 Å². The number of benzene rings is 2. The van der Waals surface area contributed by atoms with E-state index in [1.54, 1.807) is 6.07 Å². The molecule has 3 rings (SSSR count). The normalized spacial score (nSPS) is 14.4. The summed E-state index contributed by atoms with van der Waals surface area (Å²) in [4.78, 5) is 12.6. The number of halogens is 1. The Morgan fingerprint density at radius 2 is 2.00 bits per heavy atom. The fourth-order valence-corrected chi connectivity index (χ4v) is 3.86. The Balaban J connectivity index is 1.59. The van der Waals surface area contributed by atoms with Crippen molar-refractivity contribution in [1.82, 2.24) is 10.6 Å². The fraction of sp³-hybridized carbons (Fsp3) is 0.360. The molecule has 30 heavy (non-hydrogen) atoms. The van der Waals surface area contributed by atoms with Crippen LogP contribution in [0.25, 0.3) is 0 Å². The Hall–Kier alpha value is -3.13. The third kappa shape index (κ3) is 5.70. The summed E-state index contributed by atoms with van der Waals surface area (Å²) in [6.45, 7) is 2.53. The maximum Gasteiger partial charge on any atom is 0.263 e. The molecule has 5 heteroatoms. The maximum absolute atomic E-state index is 13.2. The zero-order valence-electron chi connectivity index (χ0n) is 17.4. The lowest BCUT2D eigenvalue weighted by molar-refractivity contribution is -0.117. The first kappa shape index (κ1) is 21.6. The van der Waals surface area contributed by atoms with E-state index in [2.05, 4.69) is 28.8 Å². The van der Waals surface area contributed by atoms with Crippen molar-refractivity contribution in [1.29, 1.82) is 5.26 Å². The highest BCUT2D eigenvalue weighted by Crippen LogP contribution is 2.26. The molecular formula is C25H28FN3O. The van der Waals surface area contributed by atoms with Gasteiger partial charge in [-0.25, -0.2) is 4.39 Å². The SMILES string of the molecule is CCC(NC(=O)/C(C#N)=C\NCCc1cccc(F)c1)c1ccc2c(c1)CCCC2. The van der Waals surface area contributed by atoms with Crippen LogP contribution in [0.5, 0.6) is 0 Å². The lowest BCUT2D eigenvalue weighted by Gasteiger charge is -2.21. The summed E-state index contributed by atoms with van der Waals surface area (Å²) in [5.74, 6) is -0.659. The van der Waals surface area contributed by atoms with Crippen molar-refractivity contribution < 1.29 is 9.18 Å². The van der Waals surface area contributed by atoms with Gasteiger partial charge in [-0.1, -0.05) is 37.3 Å². The number of nitrogens with one attached hydrogen (secondary N) is 2. The molecule has 0 radical (unpaired) electrons. The summed E-state index contributed by atoms with van der Waals surface area (Å²) >= 11 is 0. The molecule has 1 unspecified atom stereocenters. The third-order valence-corrected chi connectivity index (χ3v) is 5.55. The van der Waals surface area contributed by atoms with Crippen molar-refractivity contribution in [2.45, 2.75) is 51.5 Å². The number of nitriles is 1. The van der Waals surface area contributed by atoms with Crippen LogP contribution in [0.2, 0.25) is 0 Å². The molecule has 0 saturated carbocycles. The van der Waals surface area contributed by atoms with E-state index in [4.69, 9.17) is 0 Å². The lowest BCUT2D eigenvalue weighted by Crippen LogP contribution is -2.30. The zero-order chi connectivity index (χ0) is 21.3. The smallest absolute Gasteiger partial charge is 0.263 e. The maximum atomic E-state index is 13.2. The van der Waals surface area contributed by atoms with E-state index in [0.29, 0.717) is 13.0 Å². The number of hydrogen-bond donors (Lipinski definition) is 2. The third-order valence-electron chi connectivity index (χ3n) is 5.55. The molecule has 4 nitrogen and oxygen atoms in total. The Bertz CT molecular complexity index is 961. The van der Waals surface area contributed by atoms with Gasteiger partial charge in [-0.15, -0.1) is 0 Å². The first-order chi connectivity index (χ1) is 14.6. The van der Waals surface area contributed by atoms with E-state index in [0.717, 1.165) is 30.4 Å². The number of fused-ring (bicyclic) bond motifs is 1. The van der Waals surface area contributed by atoms with Gasteiger partial charge in [0.2, 0.25) is 0 Å². The molecule has 2 aromatic carbocycles. The summed E-state index contributed by atoms with van der Waals surface area (Å²) < 4.78 is 13.2. The number of nitrogens with zero attached hydrogens (tertiary/aromatic N) is 1.